The summed E-state index contributed by atoms with van der Waals surface area (Å²) in [5.74, 6) is 0.596. The van der Waals surface area contributed by atoms with E-state index in [9.17, 15) is 9.90 Å². The molecule has 1 heterocycles. The second kappa shape index (κ2) is 4.65. The van der Waals surface area contributed by atoms with Gasteiger partial charge in [0.15, 0.2) is 17.6 Å². The van der Waals surface area contributed by atoms with Gasteiger partial charge in [-0.25, -0.2) is 0 Å². The Labute approximate surface area is 115 Å². The van der Waals surface area contributed by atoms with E-state index in [1.165, 1.54) is 6.26 Å². The molecule has 0 unspecified atom stereocenters. The number of rotatable bonds is 3. The van der Waals surface area contributed by atoms with Crippen molar-refractivity contribution in [1.82, 2.24) is 0 Å². The van der Waals surface area contributed by atoms with Gasteiger partial charge in [0.05, 0.1) is 20.0 Å². The largest absolute Gasteiger partial charge is 0.492 e. The number of aliphatic hydroxyl groups is 1. The molecular weight excluding hydrogens is 256 g/mol. The Morgan fingerprint density at radius 3 is 2.80 bits per heavy atom. The maximum atomic E-state index is 11.5. The molecule has 2 aromatic carbocycles. The summed E-state index contributed by atoms with van der Waals surface area (Å²) in [4.78, 5) is 11.5. The highest BCUT2D eigenvalue weighted by atomic mass is 16.5. The fraction of sp³-hybridized carbons (Fsp3) is 0.188. The minimum Gasteiger partial charge on any atom is -0.492 e. The van der Waals surface area contributed by atoms with Gasteiger partial charge < -0.3 is 14.3 Å². The zero-order valence-electron chi connectivity index (χ0n) is 11.3. The van der Waals surface area contributed by atoms with E-state index in [1.807, 2.05) is 25.1 Å². The number of furan rings is 1. The number of carbonyl (C=O) groups is 1. The molecule has 4 nitrogen and oxygen atoms in total. The zero-order valence-corrected chi connectivity index (χ0v) is 11.3. The van der Waals surface area contributed by atoms with Crippen molar-refractivity contribution in [1.29, 1.82) is 0 Å². The van der Waals surface area contributed by atoms with Gasteiger partial charge in [-0.15, -0.1) is 0 Å². The third kappa shape index (κ3) is 1.55. The zero-order chi connectivity index (χ0) is 14.3. The third-order valence-corrected chi connectivity index (χ3v) is 3.63. The number of ether oxygens (including phenoxy) is 1. The van der Waals surface area contributed by atoms with Gasteiger partial charge in [-0.2, -0.15) is 0 Å². The van der Waals surface area contributed by atoms with Crippen molar-refractivity contribution in [3.63, 3.8) is 0 Å². The smallest absolute Gasteiger partial charge is 0.177 e. The van der Waals surface area contributed by atoms with Crippen molar-refractivity contribution in [3.05, 3.63) is 41.2 Å². The normalized spacial score (nSPS) is 11.2. The minimum atomic E-state index is -0.186. The van der Waals surface area contributed by atoms with Crippen molar-refractivity contribution >= 4 is 28.0 Å². The van der Waals surface area contributed by atoms with Crippen molar-refractivity contribution in [2.24, 2.45) is 0 Å². The average molecular weight is 270 g/mol. The van der Waals surface area contributed by atoms with Crippen LogP contribution in [0.3, 0.4) is 0 Å². The molecule has 102 valence electrons. The molecule has 4 heteroatoms. The molecule has 3 rings (SSSR count). The molecular formula is C16H14O4. The summed E-state index contributed by atoms with van der Waals surface area (Å²) in [6, 6.07) is 5.73. The molecule has 0 fully saturated rings. The number of aldehydes is 1. The molecule has 0 saturated heterocycles. The van der Waals surface area contributed by atoms with E-state index in [-0.39, 0.29) is 6.61 Å². The predicted octanol–water partition coefficient (Wildman–Crippen LogP) is 3.21. The van der Waals surface area contributed by atoms with Crippen LogP contribution in [0.15, 0.2) is 28.9 Å². The van der Waals surface area contributed by atoms with Gasteiger partial charge in [0.25, 0.3) is 0 Å². The van der Waals surface area contributed by atoms with Crippen LogP contribution in [0.25, 0.3) is 21.7 Å². The van der Waals surface area contributed by atoms with Crippen molar-refractivity contribution in [3.8, 4) is 5.75 Å². The van der Waals surface area contributed by atoms with Gasteiger partial charge in [0.2, 0.25) is 0 Å². The van der Waals surface area contributed by atoms with Crippen LogP contribution in [0.4, 0.5) is 0 Å². The SMILES string of the molecule is COc1c2occ(CO)c2c(C=O)c2cccc(C)c12. The Kier molecular flexibility index (Phi) is 2.95. The fourth-order valence-corrected chi connectivity index (χ4v) is 2.73. The topological polar surface area (TPSA) is 59.7 Å². The molecule has 0 aliphatic rings. The molecule has 0 aliphatic heterocycles. The highest BCUT2D eigenvalue weighted by Crippen LogP contribution is 2.41. The number of fused-ring (bicyclic) bond motifs is 2. The van der Waals surface area contributed by atoms with Crippen LogP contribution in [0.5, 0.6) is 5.75 Å². The summed E-state index contributed by atoms with van der Waals surface area (Å²) in [6.45, 7) is 1.77. The first-order valence-electron chi connectivity index (χ1n) is 6.28. The minimum absolute atomic E-state index is 0.186. The van der Waals surface area contributed by atoms with Gasteiger partial charge in [-0.05, 0) is 17.9 Å². The number of aliphatic hydroxyl groups excluding tert-OH is 1. The second-order valence-corrected chi connectivity index (χ2v) is 4.69. The standard InChI is InChI=1S/C16H14O4/c1-9-4-3-5-11-12(7-18)14-10(6-17)8-20-16(14)15(19-2)13(9)11/h3-5,7-8,17H,6H2,1-2H3. The summed E-state index contributed by atoms with van der Waals surface area (Å²) < 4.78 is 11.0. The monoisotopic (exact) mass is 270 g/mol. The van der Waals surface area contributed by atoms with Gasteiger partial charge in [0.1, 0.15) is 0 Å². The van der Waals surface area contributed by atoms with E-state index in [4.69, 9.17) is 9.15 Å². The average Bonchev–Trinajstić information content (AvgIpc) is 2.89. The number of hydrogen-bond donors (Lipinski definition) is 1. The van der Waals surface area contributed by atoms with Crippen LogP contribution in [-0.4, -0.2) is 18.5 Å². The summed E-state index contributed by atoms with van der Waals surface area (Å²) in [5, 5.41) is 11.7. The molecule has 0 saturated carbocycles. The van der Waals surface area contributed by atoms with E-state index in [0.717, 1.165) is 22.6 Å². The Balaban J connectivity index is 2.66. The predicted molar refractivity (Wildman–Crippen MR) is 76.3 cm³/mol. The van der Waals surface area contributed by atoms with Gasteiger partial charge in [-0.1, -0.05) is 18.2 Å². The molecule has 0 bridgehead atoms. The van der Waals surface area contributed by atoms with E-state index in [1.54, 1.807) is 7.11 Å². The molecule has 0 radical (unpaired) electrons. The van der Waals surface area contributed by atoms with Crippen LogP contribution in [0, 0.1) is 6.92 Å². The molecule has 0 amide bonds. The summed E-state index contributed by atoms with van der Waals surface area (Å²) in [7, 11) is 1.57. The fourth-order valence-electron chi connectivity index (χ4n) is 2.73. The van der Waals surface area contributed by atoms with Gasteiger partial charge >= 0.3 is 0 Å². The van der Waals surface area contributed by atoms with Gasteiger partial charge in [-0.3, -0.25) is 4.79 Å². The van der Waals surface area contributed by atoms with E-state index >= 15 is 0 Å². The second-order valence-electron chi connectivity index (χ2n) is 4.69. The Morgan fingerprint density at radius 1 is 1.35 bits per heavy atom. The number of carbonyl (C=O) groups excluding carboxylic acids is 1. The quantitative estimate of drug-likeness (QED) is 0.742. The molecule has 3 aromatic rings. The summed E-state index contributed by atoms with van der Waals surface area (Å²) >= 11 is 0. The molecule has 0 aliphatic carbocycles. The third-order valence-electron chi connectivity index (χ3n) is 3.63. The molecule has 1 N–H and O–H groups in total. The Bertz CT molecular complexity index is 814. The van der Waals surface area contributed by atoms with Gasteiger partial charge in [0, 0.05) is 21.9 Å². The number of methoxy groups -OCH3 is 1. The molecule has 0 spiro atoms. The lowest BCUT2D eigenvalue weighted by Gasteiger charge is -2.12. The first kappa shape index (κ1) is 12.7. The highest BCUT2D eigenvalue weighted by Gasteiger charge is 2.20. The number of benzene rings is 2. The molecule has 1 aromatic heterocycles. The lowest BCUT2D eigenvalue weighted by Crippen LogP contribution is -1.95. The van der Waals surface area contributed by atoms with Crippen molar-refractivity contribution < 1.29 is 19.1 Å². The first-order valence-corrected chi connectivity index (χ1v) is 6.28. The van der Waals surface area contributed by atoms with Crippen LogP contribution < -0.4 is 4.74 Å². The van der Waals surface area contributed by atoms with Crippen LogP contribution in [0.1, 0.15) is 21.5 Å². The highest BCUT2D eigenvalue weighted by molar-refractivity contribution is 6.16. The Hall–Kier alpha value is -2.33. The lowest BCUT2D eigenvalue weighted by atomic mass is 9.95. The van der Waals surface area contributed by atoms with Crippen molar-refractivity contribution in [2.45, 2.75) is 13.5 Å². The number of hydrogen-bond acceptors (Lipinski definition) is 4. The Morgan fingerprint density at radius 2 is 2.15 bits per heavy atom. The molecule has 20 heavy (non-hydrogen) atoms. The lowest BCUT2D eigenvalue weighted by molar-refractivity contribution is 0.112. The first-order chi connectivity index (χ1) is 9.72. The summed E-state index contributed by atoms with van der Waals surface area (Å²) in [5.41, 5.74) is 2.62. The summed E-state index contributed by atoms with van der Waals surface area (Å²) in [6.07, 6.45) is 2.27. The van der Waals surface area contributed by atoms with E-state index in [2.05, 4.69) is 0 Å². The van der Waals surface area contributed by atoms with Crippen LogP contribution in [0.2, 0.25) is 0 Å². The molecule has 0 atom stereocenters. The van der Waals surface area contributed by atoms with Crippen molar-refractivity contribution in [2.75, 3.05) is 7.11 Å². The van der Waals surface area contributed by atoms with E-state index in [0.29, 0.717) is 27.8 Å². The van der Waals surface area contributed by atoms with E-state index < -0.39 is 0 Å². The van der Waals surface area contributed by atoms with Crippen LogP contribution in [-0.2, 0) is 6.61 Å². The number of aryl methyl sites for hydroxylation is 1. The maximum absolute atomic E-state index is 11.5. The maximum Gasteiger partial charge on any atom is 0.177 e. The van der Waals surface area contributed by atoms with Crippen LogP contribution >= 0.6 is 0 Å².